The summed E-state index contributed by atoms with van der Waals surface area (Å²) in [5.41, 5.74) is 1.88. The lowest BCUT2D eigenvalue weighted by molar-refractivity contribution is -0.118. The highest BCUT2D eigenvalue weighted by molar-refractivity contribution is 7.89. The van der Waals surface area contributed by atoms with Gasteiger partial charge in [-0.25, -0.2) is 8.42 Å². The average molecular weight is 501 g/mol. The van der Waals surface area contributed by atoms with Crippen molar-refractivity contribution in [3.8, 4) is 0 Å². The second-order valence-corrected chi connectivity index (χ2v) is 11.2. The maximum absolute atomic E-state index is 13.1. The van der Waals surface area contributed by atoms with Crippen LogP contribution < -0.4 is 0 Å². The van der Waals surface area contributed by atoms with Gasteiger partial charge in [0.2, 0.25) is 10.0 Å². The number of pyridine rings is 1. The average Bonchev–Trinajstić information content (AvgIpc) is 2.89. The van der Waals surface area contributed by atoms with Crippen LogP contribution in [0.1, 0.15) is 24.0 Å². The highest BCUT2D eigenvalue weighted by Crippen LogP contribution is 2.19. The molecule has 0 atom stereocenters. The molecule has 2 aliphatic rings. The van der Waals surface area contributed by atoms with Gasteiger partial charge in [0.05, 0.1) is 18.1 Å². The first-order chi connectivity index (χ1) is 17.0. The Hall–Kier alpha value is -2.17. The number of aryl methyl sites for hydroxylation is 1. The first kappa shape index (κ1) is 25.9. The van der Waals surface area contributed by atoms with E-state index in [-0.39, 0.29) is 5.78 Å². The third kappa shape index (κ3) is 7.65. The maximum Gasteiger partial charge on any atom is 0.243 e. The fraction of sp³-hybridized carbons (Fsp3) is 0.538. The molecule has 2 fully saturated rings. The number of hydrogen-bond donors (Lipinski definition) is 0. The number of aromatic nitrogens is 1. The molecule has 2 aliphatic heterocycles. The quantitative estimate of drug-likeness (QED) is 0.466. The summed E-state index contributed by atoms with van der Waals surface area (Å²) in [5, 5.41) is 0. The Morgan fingerprint density at radius 1 is 0.886 bits per heavy atom. The third-order valence-corrected chi connectivity index (χ3v) is 8.67. The molecule has 3 heterocycles. The molecule has 4 rings (SSSR count). The second kappa shape index (κ2) is 12.7. The minimum Gasteiger partial charge on any atom is -0.379 e. The van der Waals surface area contributed by atoms with Crippen molar-refractivity contribution >= 4 is 15.8 Å². The van der Waals surface area contributed by atoms with Gasteiger partial charge < -0.3 is 9.64 Å². The third-order valence-electron chi connectivity index (χ3n) is 6.76. The highest BCUT2D eigenvalue weighted by Gasteiger charge is 2.28. The Morgan fingerprint density at radius 2 is 1.57 bits per heavy atom. The molecule has 0 saturated carbocycles. The summed E-state index contributed by atoms with van der Waals surface area (Å²) in [6.07, 6.45) is 6.01. The summed E-state index contributed by atoms with van der Waals surface area (Å²) in [6.45, 7) is 8.24. The van der Waals surface area contributed by atoms with Crippen LogP contribution in [0.3, 0.4) is 0 Å². The van der Waals surface area contributed by atoms with Gasteiger partial charge in [-0.15, -0.1) is 0 Å². The Kier molecular flexibility index (Phi) is 9.39. The SMILES string of the molecule is O=C(CCc1cccnc1)Cc1ccc(S(=O)(=O)N2CCN(CCCN3CCOCC3)CC2)cc1. The van der Waals surface area contributed by atoms with Crippen molar-refractivity contribution in [2.45, 2.75) is 30.6 Å². The van der Waals surface area contributed by atoms with Gasteiger partial charge in [0.25, 0.3) is 0 Å². The number of ether oxygens (including phenoxy) is 1. The summed E-state index contributed by atoms with van der Waals surface area (Å²) in [4.78, 5) is 21.5. The fourth-order valence-electron chi connectivity index (χ4n) is 4.61. The van der Waals surface area contributed by atoms with Gasteiger partial charge in [-0.3, -0.25) is 14.7 Å². The molecule has 2 aromatic rings. The van der Waals surface area contributed by atoms with Crippen molar-refractivity contribution in [1.82, 2.24) is 19.1 Å². The Balaban J connectivity index is 1.21. The number of rotatable bonds is 11. The summed E-state index contributed by atoms with van der Waals surface area (Å²) < 4.78 is 33.2. The molecule has 1 aromatic carbocycles. The van der Waals surface area contributed by atoms with Crippen LogP contribution in [0.5, 0.6) is 0 Å². The van der Waals surface area contributed by atoms with Crippen molar-refractivity contribution in [1.29, 1.82) is 0 Å². The molecule has 0 N–H and O–H groups in total. The summed E-state index contributed by atoms with van der Waals surface area (Å²) in [7, 11) is -3.52. The molecular formula is C26H36N4O4S. The van der Waals surface area contributed by atoms with E-state index in [1.54, 1.807) is 41.0 Å². The predicted octanol–water partition coefficient (Wildman–Crippen LogP) is 1.85. The predicted molar refractivity (Wildman–Crippen MR) is 135 cm³/mol. The number of sulfonamides is 1. The van der Waals surface area contributed by atoms with E-state index < -0.39 is 10.0 Å². The molecule has 0 aliphatic carbocycles. The number of benzene rings is 1. The molecule has 0 bridgehead atoms. The number of piperazine rings is 1. The molecule has 0 spiro atoms. The first-order valence-corrected chi connectivity index (χ1v) is 14.0. The van der Waals surface area contributed by atoms with Crippen LogP contribution in [0.4, 0.5) is 0 Å². The largest absolute Gasteiger partial charge is 0.379 e. The van der Waals surface area contributed by atoms with Crippen LogP contribution in [-0.4, -0.2) is 98.9 Å². The van der Waals surface area contributed by atoms with Crippen LogP contribution in [0, 0.1) is 0 Å². The van der Waals surface area contributed by atoms with Crippen molar-refractivity contribution < 1.29 is 17.9 Å². The zero-order valence-corrected chi connectivity index (χ0v) is 21.2. The van der Waals surface area contributed by atoms with Crippen LogP contribution in [0.25, 0.3) is 0 Å². The minimum absolute atomic E-state index is 0.134. The fourth-order valence-corrected chi connectivity index (χ4v) is 6.03. The lowest BCUT2D eigenvalue weighted by Gasteiger charge is -2.34. The van der Waals surface area contributed by atoms with Crippen molar-refractivity contribution in [2.24, 2.45) is 0 Å². The van der Waals surface area contributed by atoms with Gasteiger partial charge >= 0.3 is 0 Å². The maximum atomic E-state index is 13.1. The zero-order chi connectivity index (χ0) is 24.5. The molecule has 8 nitrogen and oxygen atoms in total. The Morgan fingerprint density at radius 3 is 2.23 bits per heavy atom. The van der Waals surface area contributed by atoms with Gasteiger partial charge in [-0.05, 0) is 55.3 Å². The standard InChI is InChI=1S/C26H36N4O4S/c31-25(7-4-24-3-1-10-27-22-24)21-23-5-8-26(9-6-23)35(32,33)30-15-13-28(14-16-30)11-2-12-29-17-19-34-20-18-29/h1,3,5-6,8-10,22H,2,4,7,11-21H2. The van der Waals surface area contributed by atoms with E-state index in [1.165, 1.54) is 0 Å². The molecule has 0 amide bonds. The van der Waals surface area contributed by atoms with Crippen molar-refractivity contribution in [3.05, 3.63) is 59.9 Å². The Bertz CT molecular complexity index is 1030. The first-order valence-electron chi connectivity index (χ1n) is 12.5. The molecule has 9 heteroatoms. The van der Waals surface area contributed by atoms with E-state index in [0.717, 1.165) is 70.0 Å². The number of morpholine rings is 1. The molecule has 0 unspecified atom stereocenters. The van der Waals surface area contributed by atoms with E-state index >= 15 is 0 Å². The summed E-state index contributed by atoms with van der Waals surface area (Å²) in [5.74, 6) is 0.134. The zero-order valence-electron chi connectivity index (χ0n) is 20.3. The second-order valence-electron chi connectivity index (χ2n) is 9.27. The van der Waals surface area contributed by atoms with Crippen LogP contribution >= 0.6 is 0 Å². The molecule has 0 radical (unpaired) electrons. The molecule has 190 valence electrons. The molecule has 35 heavy (non-hydrogen) atoms. The van der Waals surface area contributed by atoms with Crippen LogP contribution in [0.15, 0.2) is 53.7 Å². The summed E-state index contributed by atoms with van der Waals surface area (Å²) in [6, 6.07) is 10.6. The van der Waals surface area contributed by atoms with E-state index in [1.807, 2.05) is 12.1 Å². The normalized spacial score (nSPS) is 18.5. The lowest BCUT2D eigenvalue weighted by Crippen LogP contribution is -2.49. The number of Topliss-reactive ketones (excluding diaryl/α,β-unsaturated/α-hetero) is 1. The minimum atomic E-state index is -3.52. The van der Waals surface area contributed by atoms with E-state index in [2.05, 4.69) is 14.8 Å². The van der Waals surface area contributed by atoms with Gasteiger partial charge in [0.1, 0.15) is 5.78 Å². The summed E-state index contributed by atoms with van der Waals surface area (Å²) >= 11 is 0. The molecule has 2 saturated heterocycles. The smallest absolute Gasteiger partial charge is 0.243 e. The van der Waals surface area contributed by atoms with Gasteiger partial charge in [0, 0.05) is 64.5 Å². The van der Waals surface area contributed by atoms with Gasteiger partial charge in [-0.2, -0.15) is 4.31 Å². The van der Waals surface area contributed by atoms with Gasteiger partial charge in [-0.1, -0.05) is 18.2 Å². The number of hydrogen-bond acceptors (Lipinski definition) is 7. The molecular weight excluding hydrogens is 464 g/mol. The number of nitrogens with zero attached hydrogens (tertiary/aromatic N) is 4. The van der Waals surface area contributed by atoms with Gasteiger partial charge in [0.15, 0.2) is 0 Å². The number of carbonyl (C=O) groups excluding carboxylic acids is 1. The van der Waals surface area contributed by atoms with E-state index in [4.69, 9.17) is 4.74 Å². The highest BCUT2D eigenvalue weighted by atomic mass is 32.2. The van der Waals surface area contributed by atoms with Crippen LogP contribution in [-0.2, 0) is 32.4 Å². The Labute approximate surface area is 208 Å². The van der Waals surface area contributed by atoms with Crippen molar-refractivity contribution in [3.63, 3.8) is 0 Å². The number of carbonyl (C=O) groups is 1. The molecule has 1 aromatic heterocycles. The van der Waals surface area contributed by atoms with E-state index in [9.17, 15) is 13.2 Å². The topological polar surface area (TPSA) is 83.0 Å². The van der Waals surface area contributed by atoms with Crippen LogP contribution in [0.2, 0.25) is 0 Å². The van der Waals surface area contributed by atoms with Crippen molar-refractivity contribution in [2.75, 3.05) is 65.6 Å². The monoisotopic (exact) mass is 500 g/mol. The lowest BCUT2D eigenvalue weighted by atomic mass is 10.0. The van der Waals surface area contributed by atoms with E-state index in [0.29, 0.717) is 37.2 Å². The number of ketones is 1.